The number of alkyl halides is 3. The Labute approximate surface area is 138 Å². The van der Waals surface area contributed by atoms with Crippen molar-refractivity contribution >= 4 is 27.5 Å². The van der Waals surface area contributed by atoms with Gasteiger partial charge in [0.25, 0.3) is 5.91 Å². The standard InChI is InChI=1S/C15H12BrF3N2O2/c1-9-2-4-11(6-12(9)16)21-14(22)10-3-5-13(20-7-10)23-8-15(17,18)19/h2-7H,8H2,1H3,(H,21,22). The molecule has 0 fully saturated rings. The van der Waals surface area contributed by atoms with Gasteiger partial charge in [0.2, 0.25) is 5.88 Å². The van der Waals surface area contributed by atoms with Crippen molar-refractivity contribution in [2.24, 2.45) is 0 Å². The number of carbonyl (C=O) groups excluding carboxylic acids is 1. The average molecular weight is 389 g/mol. The molecule has 1 N–H and O–H groups in total. The van der Waals surface area contributed by atoms with Crippen molar-refractivity contribution in [3.8, 4) is 5.88 Å². The molecule has 2 aromatic rings. The van der Waals surface area contributed by atoms with Crippen molar-refractivity contribution in [1.82, 2.24) is 4.98 Å². The number of ether oxygens (including phenoxy) is 1. The number of nitrogens with zero attached hydrogens (tertiary/aromatic N) is 1. The molecule has 1 aromatic carbocycles. The Balaban J connectivity index is 2.01. The van der Waals surface area contributed by atoms with Crippen LogP contribution in [0.2, 0.25) is 0 Å². The minimum atomic E-state index is -4.43. The van der Waals surface area contributed by atoms with Crippen LogP contribution in [0, 0.1) is 6.92 Å². The first-order valence-electron chi connectivity index (χ1n) is 6.48. The Morgan fingerprint density at radius 3 is 2.61 bits per heavy atom. The molecule has 0 saturated carbocycles. The monoisotopic (exact) mass is 388 g/mol. The summed E-state index contributed by atoms with van der Waals surface area (Å²) >= 11 is 3.36. The lowest BCUT2D eigenvalue weighted by Crippen LogP contribution is -2.19. The third-order valence-electron chi connectivity index (χ3n) is 2.81. The topological polar surface area (TPSA) is 51.2 Å². The van der Waals surface area contributed by atoms with E-state index in [0.29, 0.717) is 5.69 Å². The molecule has 0 bridgehead atoms. The van der Waals surface area contributed by atoms with Crippen LogP contribution >= 0.6 is 15.9 Å². The zero-order valence-corrected chi connectivity index (χ0v) is 13.5. The van der Waals surface area contributed by atoms with Crippen molar-refractivity contribution in [1.29, 1.82) is 0 Å². The van der Waals surface area contributed by atoms with Crippen LogP contribution in [0.15, 0.2) is 41.0 Å². The number of benzene rings is 1. The van der Waals surface area contributed by atoms with Gasteiger partial charge in [-0.3, -0.25) is 4.79 Å². The predicted octanol–water partition coefficient (Wildman–Crippen LogP) is 4.35. The van der Waals surface area contributed by atoms with Gasteiger partial charge in [-0.25, -0.2) is 4.98 Å². The summed E-state index contributed by atoms with van der Waals surface area (Å²) in [6.07, 6.45) is -3.28. The van der Waals surface area contributed by atoms with Crippen LogP contribution in [0.3, 0.4) is 0 Å². The summed E-state index contributed by atoms with van der Waals surface area (Å²) in [6, 6.07) is 7.89. The van der Waals surface area contributed by atoms with E-state index in [9.17, 15) is 18.0 Å². The fraction of sp³-hybridized carbons (Fsp3) is 0.200. The van der Waals surface area contributed by atoms with Crippen molar-refractivity contribution in [3.63, 3.8) is 0 Å². The van der Waals surface area contributed by atoms with Gasteiger partial charge in [-0.05, 0) is 30.7 Å². The summed E-state index contributed by atoms with van der Waals surface area (Å²) in [7, 11) is 0. The Morgan fingerprint density at radius 1 is 1.30 bits per heavy atom. The molecule has 4 nitrogen and oxygen atoms in total. The number of carbonyl (C=O) groups is 1. The molecule has 0 aliphatic rings. The number of halogens is 4. The maximum atomic E-state index is 12.1. The molecule has 2 rings (SSSR count). The van der Waals surface area contributed by atoms with E-state index < -0.39 is 18.7 Å². The Kier molecular flexibility index (Phi) is 5.25. The largest absolute Gasteiger partial charge is 0.468 e. The van der Waals surface area contributed by atoms with Crippen molar-refractivity contribution in [2.45, 2.75) is 13.1 Å². The fourth-order valence-corrected chi connectivity index (χ4v) is 2.01. The number of hydrogen-bond donors (Lipinski definition) is 1. The summed E-state index contributed by atoms with van der Waals surface area (Å²) < 4.78 is 41.4. The Hall–Kier alpha value is -2.09. The molecule has 1 aromatic heterocycles. The van der Waals surface area contributed by atoms with Gasteiger partial charge in [0, 0.05) is 22.4 Å². The van der Waals surface area contributed by atoms with Gasteiger partial charge in [-0.15, -0.1) is 0 Å². The zero-order valence-electron chi connectivity index (χ0n) is 11.9. The number of nitrogens with one attached hydrogen (secondary N) is 1. The van der Waals surface area contributed by atoms with Gasteiger partial charge in [-0.1, -0.05) is 22.0 Å². The van der Waals surface area contributed by atoms with Gasteiger partial charge in [-0.2, -0.15) is 13.2 Å². The van der Waals surface area contributed by atoms with Crippen LogP contribution in [-0.4, -0.2) is 23.7 Å². The first kappa shape index (κ1) is 17.3. The van der Waals surface area contributed by atoms with E-state index in [4.69, 9.17) is 0 Å². The number of pyridine rings is 1. The maximum Gasteiger partial charge on any atom is 0.422 e. The average Bonchev–Trinajstić information content (AvgIpc) is 2.49. The van der Waals surface area contributed by atoms with E-state index in [-0.39, 0.29) is 11.4 Å². The minimum Gasteiger partial charge on any atom is -0.468 e. The minimum absolute atomic E-state index is 0.197. The Morgan fingerprint density at radius 2 is 2.04 bits per heavy atom. The third kappa shape index (κ3) is 5.24. The van der Waals surface area contributed by atoms with Crippen LogP contribution in [-0.2, 0) is 0 Å². The molecule has 0 aliphatic heterocycles. The highest BCUT2D eigenvalue weighted by Crippen LogP contribution is 2.21. The highest BCUT2D eigenvalue weighted by atomic mass is 79.9. The lowest BCUT2D eigenvalue weighted by Gasteiger charge is -2.09. The van der Waals surface area contributed by atoms with Crippen molar-refractivity contribution < 1.29 is 22.7 Å². The van der Waals surface area contributed by atoms with E-state index in [1.165, 1.54) is 12.1 Å². The fourth-order valence-electron chi connectivity index (χ4n) is 1.63. The van der Waals surface area contributed by atoms with Crippen LogP contribution in [0.1, 0.15) is 15.9 Å². The number of hydrogen-bond acceptors (Lipinski definition) is 3. The number of amides is 1. The second kappa shape index (κ2) is 6.99. The molecule has 0 saturated heterocycles. The van der Waals surface area contributed by atoms with E-state index in [0.717, 1.165) is 16.2 Å². The SMILES string of the molecule is Cc1ccc(NC(=O)c2ccc(OCC(F)(F)F)nc2)cc1Br. The molecule has 0 aliphatic carbocycles. The summed E-state index contributed by atoms with van der Waals surface area (Å²) in [5.74, 6) is -0.618. The van der Waals surface area contributed by atoms with E-state index in [1.54, 1.807) is 12.1 Å². The molecular weight excluding hydrogens is 377 g/mol. The van der Waals surface area contributed by atoms with Crippen LogP contribution in [0.25, 0.3) is 0 Å². The summed E-state index contributed by atoms with van der Waals surface area (Å²) in [5, 5.41) is 2.67. The van der Waals surface area contributed by atoms with Crippen LogP contribution in [0.4, 0.5) is 18.9 Å². The number of rotatable bonds is 4. The molecular formula is C15H12BrF3N2O2. The second-order valence-electron chi connectivity index (χ2n) is 4.71. The molecule has 8 heteroatoms. The smallest absolute Gasteiger partial charge is 0.422 e. The van der Waals surface area contributed by atoms with Gasteiger partial charge >= 0.3 is 6.18 Å². The number of aryl methyl sites for hydroxylation is 1. The summed E-state index contributed by atoms with van der Waals surface area (Å²) in [5.41, 5.74) is 1.82. The van der Waals surface area contributed by atoms with Gasteiger partial charge in [0.1, 0.15) is 0 Å². The van der Waals surface area contributed by atoms with Crippen molar-refractivity contribution in [3.05, 3.63) is 52.1 Å². The van der Waals surface area contributed by atoms with Crippen LogP contribution in [0.5, 0.6) is 5.88 Å². The molecule has 23 heavy (non-hydrogen) atoms. The van der Waals surface area contributed by atoms with E-state index >= 15 is 0 Å². The summed E-state index contributed by atoms with van der Waals surface area (Å²) in [6.45, 7) is 0.488. The Bertz CT molecular complexity index is 703. The van der Waals surface area contributed by atoms with Gasteiger partial charge in [0.05, 0.1) is 5.56 Å². The van der Waals surface area contributed by atoms with Crippen molar-refractivity contribution in [2.75, 3.05) is 11.9 Å². The summed E-state index contributed by atoms with van der Waals surface area (Å²) in [4.78, 5) is 15.7. The lowest BCUT2D eigenvalue weighted by molar-refractivity contribution is -0.154. The molecule has 122 valence electrons. The predicted molar refractivity (Wildman–Crippen MR) is 82.6 cm³/mol. The maximum absolute atomic E-state index is 12.1. The molecule has 0 atom stereocenters. The van der Waals surface area contributed by atoms with Crippen LogP contribution < -0.4 is 10.1 Å². The second-order valence-corrected chi connectivity index (χ2v) is 5.56. The highest BCUT2D eigenvalue weighted by molar-refractivity contribution is 9.10. The molecule has 0 unspecified atom stereocenters. The molecule has 0 radical (unpaired) electrons. The highest BCUT2D eigenvalue weighted by Gasteiger charge is 2.28. The quantitative estimate of drug-likeness (QED) is 0.846. The number of aromatic nitrogens is 1. The number of anilines is 1. The zero-order chi connectivity index (χ0) is 17.0. The normalized spacial score (nSPS) is 11.2. The molecule has 1 amide bonds. The van der Waals surface area contributed by atoms with Gasteiger partial charge in [0.15, 0.2) is 6.61 Å². The molecule has 1 heterocycles. The lowest BCUT2D eigenvalue weighted by atomic mass is 10.2. The van der Waals surface area contributed by atoms with Gasteiger partial charge < -0.3 is 10.1 Å². The third-order valence-corrected chi connectivity index (χ3v) is 3.67. The first-order valence-corrected chi connectivity index (χ1v) is 7.27. The van der Waals surface area contributed by atoms with E-state index in [2.05, 4.69) is 31.0 Å². The first-order chi connectivity index (χ1) is 10.7. The van der Waals surface area contributed by atoms with E-state index in [1.807, 2.05) is 13.0 Å². The molecule has 0 spiro atoms.